The fourth-order valence-corrected chi connectivity index (χ4v) is 7.35. The number of halogens is 4. The van der Waals surface area contributed by atoms with Gasteiger partial charge in [0, 0.05) is 43.4 Å². The first-order valence-electron chi connectivity index (χ1n) is 15.1. The molecule has 44 heavy (non-hydrogen) atoms. The van der Waals surface area contributed by atoms with Gasteiger partial charge in [-0.15, -0.1) is 0 Å². The van der Waals surface area contributed by atoms with E-state index < -0.39 is 40.8 Å². The molecule has 6 nitrogen and oxygen atoms in total. The zero-order valence-electron chi connectivity index (χ0n) is 25.7. The standard InChI is InChI=1S/C34H38F4N2O4/c1-20-14-24(26-15-34(26,37)38)25(23-10-12-40(28(20)23)30(42)44-31(2,3)4)17-39-13-11-32(18-33(35,36)19-32)16-27(39)21-6-8-22(9-7-21)29(41)43-5/h6-10,12,14,26-27H,11,13,15-19H2,1-5H3/t26-,27+/m1/s1. The summed E-state index contributed by atoms with van der Waals surface area (Å²) < 4.78 is 69.4. The Balaban J connectivity index is 1.41. The fourth-order valence-electron chi connectivity index (χ4n) is 7.35. The van der Waals surface area contributed by atoms with E-state index >= 15 is 0 Å². The predicted octanol–water partition coefficient (Wildman–Crippen LogP) is 8.39. The van der Waals surface area contributed by atoms with Crippen LogP contribution < -0.4 is 0 Å². The van der Waals surface area contributed by atoms with E-state index in [4.69, 9.17) is 9.47 Å². The lowest BCUT2D eigenvalue weighted by Crippen LogP contribution is -2.53. The molecule has 2 atom stereocenters. The van der Waals surface area contributed by atoms with Gasteiger partial charge in [-0.3, -0.25) is 9.47 Å². The van der Waals surface area contributed by atoms with Crippen molar-refractivity contribution in [2.45, 2.75) is 95.7 Å². The Morgan fingerprint density at radius 2 is 1.68 bits per heavy atom. The van der Waals surface area contributed by atoms with Gasteiger partial charge in [-0.1, -0.05) is 18.2 Å². The molecule has 1 aromatic heterocycles. The molecule has 0 radical (unpaired) electrons. The quantitative estimate of drug-likeness (QED) is 0.213. The van der Waals surface area contributed by atoms with Crippen LogP contribution in [0.1, 0.15) is 97.4 Å². The molecule has 2 heterocycles. The van der Waals surface area contributed by atoms with Crippen molar-refractivity contribution < 1.29 is 36.6 Å². The van der Waals surface area contributed by atoms with Crippen LogP contribution in [0.2, 0.25) is 0 Å². The van der Waals surface area contributed by atoms with Crippen molar-refractivity contribution in [1.82, 2.24) is 9.47 Å². The molecule has 1 aliphatic heterocycles. The first kappa shape index (κ1) is 30.6. The Hall–Kier alpha value is -3.40. The van der Waals surface area contributed by atoms with E-state index in [0.29, 0.717) is 59.1 Å². The molecule has 1 saturated heterocycles. The maximum atomic E-state index is 14.6. The molecule has 2 aliphatic carbocycles. The monoisotopic (exact) mass is 614 g/mol. The Labute approximate surface area is 254 Å². The number of likely N-dealkylation sites (tertiary alicyclic amines) is 1. The predicted molar refractivity (Wildman–Crippen MR) is 157 cm³/mol. The van der Waals surface area contributed by atoms with Crippen LogP contribution in [0.25, 0.3) is 10.9 Å². The molecule has 0 amide bonds. The second-order valence-electron chi connectivity index (χ2n) is 14.0. The number of rotatable bonds is 5. The van der Waals surface area contributed by atoms with Gasteiger partial charge in [0.2, 0.25) is 5.92 Å². The number of ether oxygens (including phenoxy) is 2. The number of piperidine rings is 1. The van der Waals surface area contributed by atoms with Gasteiger partial charge in [0.1, 0.15) is 5.60 Å². The average molecular weight is 615 g/mol. The summed E-state index contributed by atoms with van der Waals surface area (Å²) in [6.07, 6.45) is 1.55. The van der Waals surface area contributed by atoms with Crippen LogP contribution in [0, 0.1) is 12.3 Å². The highest BCUT2D eigenvalue weighted by Crippen LogP contribution is 2.61. The van der Waals surface area contributed by atoms with Gasteiger partial charge < -0.3 is 9.47 Å². The maximum absolute atomic E-state index is 14.6. The third kappa shape index (κ3) is 5.61. The number of alkyl halides is 4. The highest BCUT2D eigenvalue weighted by atomic mass is 19.3. The second-order valence-corrected chi connectivity index (χ2v) is 14.0. The third-order valence-corrected chi connectivity index (χ3v) is 9.44. The van der Waals surface area contributed by atoms with Gasteiger partial charge in [-0.2, -0.15) is 0 Å². The summed E-state index contributed by atoms with van der Waals surface area (Å²) in [6, 6.07) is 10.2. The molecule has 3 fully saturated rings. The normalized spacial score (nSPS) is 23.8. The van der Waals surface area contributed by atoms with E-state index in [1.807, 2.05) is 19.1 Å². The SMILES string of the molecule is COC(=O)c1ccc([C@@H]2CC3(CCN2Cc2c([C@H]4CC4(F)F)cc(C)c4c2ccn4C(=O)OC(C)(C)C)CC(F)(F)C3)cc1. The molecule has 3 aliphatic rings. The summed E-state index contributed by atoms with van der Waals surface area (Å²) in [7, 11) is 1.30. The minimum absolute atomic E-state index is 0.169. The molecular formula is C34H38F4N2O4. The van der Waals surface area contributed by atoms with Crippen molar-refractivity contribution in [3.63, 3.8) is 0 Å². The summed E-state index contributed by atoms with van der Waals surface area (Å²) in [4.78, 5) is 27.4. The first-order chi connectivity index (χ1) is 20.5. The van der Waals surface area contributed by atoms with Crippen LogP contribution in [0.15, 0.2) is 42.6 Å². The number of hydrogen-bond donors (Lipinski definition) is 0. The number of aryl methyl sites for hydroxylation is 1. The fraction of sp³-hybridized carbons (Fsp3) is 0.529. The van der Waals surface area contributed by atoms with Crippen molar-refractivity contribution in [3.05, 3.63) is 70.4 Å². The van der Waals surface area contributed by atoms with Gasteiger partial charge >= 0.3 is 12.1 Å². The van der Waals surface area contributed by atoms with Crippen molar-refractivity contribution in [2.24, 2.45) is 5.41 Å². The highest BCUT2D eigenvalue weighted by molar-refractivity contribution is 5.94. The molecule has 2 saturated carbocycles. The molecule has 6 rings (SSSR count). The average Bonchev–Trinajstić information content (AvgIpc) is 3.33. The largest absolute Gasteiger partial charge is 0.465 e. The summed E-state index contributed by atoms with van der Waals surface area (Å²) in [5, 5.41) is 0.698. The van der Waals surface area contributed by atoms with E-state index in [1.165, 1.54) is 11.7 Å². The number of nitrogens with zero attached hydrogens (tertiary/aromatic N) is 2. The Bertz CT molecular complexity index is 1610. The molecule has 3 aromatic rings. The number of hydrogen-bond acceptors (Lipinski definition) is 5. The van der Waals surface area contributed by atoms with Crippen LogP contribution in [0.4, 0.5) is 22.4 Å². The smallest absolute Gasteiger partial charge is 0.418 e. The van der Waals surface area contributed by atoms with Crippen LogP contribution in [0.5, 0.6) is 0 Å². The maximum Gasteiger partial charge on any atom is 0.418 e. The molecule has 0 N–H and O–H groups in total. The molecule has 236 valence electrons. The Kier molecular flexibility index (Phi) is 7.18. The lowest BCUT2D eigenvalue weighted by atomic mass is 9.59. The Morgan fingerprint density at radius 1 is 1.02 bits per heavy atom. The molecule has 0 unspecified atom stereocenters. The zero-order valence-corrected chi connectivity index (χ0v) is 25.7. The van der Waals surface area contributed by atoms with Crippen molar-refractivity contribution in [1.29, 1.82) is 0 Å². The van der Waals surface area contributed by atoms with E-state index in [0.717, 1.165) is 5.56 Å². The van der Waals surface area contributed by atoms with Crippen LogP contribution in [0.3, 0.4) is 0 Å². The number of carbonyl (C=O) groups is 2. The van der Waals surface area contributed by atoms with E-state index in [9.17, 15) is 27.2 Å². The summed E-state index contributed by atoms with van der Waals surface area (Å²) in [5.74, 6) is -6.89. The lowest BCUT2D eigenvalue weighted by molar-refractivity contribution is -0.186. The van der Waals surface area contributed by atoms with Gasteiger partial charge in [0.15, 0.2) is 0 Å². The Morgan fingerprint density at radius 3 is 2.25 bits per heavy atom. The summed E-state index contributed by atoms with van der Waals surface area (Å²) in [5.41, 5.74) is 2.58. The van der Waals surface area contributed by atoms with Crippen LogP contribution in [-0.4, -0.2) is 52.6 Å². The van der Waals surface area contributed by atoms with Gasteiger partial charge in [-0.05, 0) is 92.9 Å². The van der Waals surface area contributed by atoms with Crippen molar-refractivity contribution in [2.75, 3.05) is 13.7 Å². The van der Waals surface area contributed by atoms with Crippen molar-refractivity contribution in [3.8, 4) is 0 Å². The van der Waals surface area contributed by atoms with Gasteiger partial charge in [-0.25, -0.2) is 27.2 Å². The van der Waals surface area contributed by atoms with E-state index in [2.05, 4.69) is 4.90 Å². The van der Waals surface area contributed by atoms with Crippen LogP contribution in [-0.2, 0) is 16.0 Å². The van der Waals surface area contributed by atoms with E-state index in [1.54, 1.807) is 51.2 Å². The molecule has 1 spiro atoms. The van der Waals surface area contributed by atoms with Gasteiger partial charge in [0.25, 0.3) is 5.92 Å². The third-order valence-electron chi connectivity index (χ3n) is 9.44. The highest BCUT2D eigenvalue weighted by Gasteiger charge is 2.60. The number of carbonyl (C=O) groups excluding carboxylic acids is 2. The number of benzene rings is 2. The molecule has 2 aromatic carbocycles. The number of methoxy groups -OCH3 is 1. The molecule has 0 bridgehead atoms. The lowest BCUT2D eigenvalue weighted by Gasteiger charge is -2.54. The number of esters is 1. The van der Waals surface area contributed by atoms with Crippen molar-refractivity contribution >= 4 is 23.0 Å². The number of fused-ring (bicyclic) bond motifs is 1. The summed E-state index contributed by atoms with van der Waals surface area (Å²) in [6.45, 7) is 7.95. The molecule has 10 heteroatoms. The topological polar surface area (TPSA) is 60.8 Å². The molecular weight excluding hydrogens is 576 g/mol. The first-order valence-corrected chi connectivity index (χ1v) is 15.1. The van der Waals surface area contributed by atoms with E-state index in [-0.39, 0.29) is 25.3 Å². The number of aromatic nitrogens is 1. The minimum atomic E-state index is -2.81. The van der Waals surface area contributed by atoms with Crippen LogP contribution >= 0.6 is 0 Å². The second kappa shape index (κ2) is 10.3. The minimum Gasteiger partial charge on any atom is -0.465 e. The van der Waals surface area contributed by atoms with Gasteiger partial charge in [0.05, 0.1) is 24.1 Å². The summed E-state index contributed by atoms with van der Waals surface area (Å²) >= 11 is 0. The zero-order chi connectivity index (χ0) is 31.8.